The molecule has 3 heterocycles. The SMILES string of the molecule is c1ccc(C(Oc2ccc(Cn3cnc4cccnc43)cc2)c2nn[nH]n2)cc1. The highest BCUT2D eigenvalue weighted by Crippen LogP contribution is 2.26. The molecule has 8 nitrogen and oxygen atoms in total. The van der Waals surface area contributed by atoms with E-state index in [-0.39, 0.29) is 0 Å². The number of imidazole rings is 1. The van der Waals surface area contributed by atoms with E-state index in [1.54, 1.807) is 6.20 Å². The number of ether oxygens (including phenoxy) is 1. The van der Waals surface area contributed by atoms with Crippen molar-refractivity contribution in [2.24, 2.45) is 0 Å². The van der Waals surface area contributed by atoms with Crippen LogP contribution in [0.4, 0.5) is 0 Å². The van der Waals surface area contributed by atoms with Crippen molar-refractivity contribution in [3.63, 3.8) is 0 Å². The number of nitrogens with zero attached hydrogens (tertiary/aromatic N) is 6. The zero-order valence-electron chi connectivity index (χ0n) is 15.4. The first-order valence-electron chi connectivity index (χ1n) is 9.16. The van der Waals surface area contributed by atoms with E-state index in [1.807, 2.05) is 77.6 Å². The van der Waals surface area contributed by atoms with Crippen molar-refractivity contribution >= 4 is 11.2 Å². The summed E-state index contributed by atoms with van der Waals surface area (Å²) >= 11 is 0. The van der Waals surface area contributed by atoms with Crippen LogP contribution < -0.4 is 4.74 Å². The molecule has 1 atom stereocenters. The van der Waals surface area contributed by atoms with E-state index < -0.39 is 6.10 Å². The van der Waals surface area contributed by atoms with Gasteiger partial charge in [-0.2, -0.15) is 5.21 Å². The van der Waals surface area contributed by atoms with Crippen molar-refractivity contribution in [1.82, 2.24) is 35.2 Å². The molecular formula is C21H17N7O. The highest BCUT2D eigenvalue weighted by atomic mass is 16.5. The predicted octanol–water partition coefficient (Wildman–Crippen LogP) is 3.16. The molecule has 2 aromatic carbocycles. The maximum atomic E-state index is 6.19. The molecule has 0 bridgehead atoms. The number of H-pyrrole nitrogens is 1. The maximum absolute atomic E-state index is 6.19. The first kappa shape index (κ1) is 17.1. The number of hydrogen-bond acceptors (Lipinski definition) is 6. The lowest BCUT2D eigenvalue weighted by Gasteiger charge is -2.16. The third kappa shape index (κ3) is 3.55. The molecule has 0 aliphatic carbocycles. The van der Waals surface area contributed by atoms with Gasteiger partial charge in [-0.15, -0.1) is 10.2 Å². The average Bonchev–Trinajstić information content (AvgIpc) is 3.45. The molecule has 29 heavy (non-hydrogen) atoms. The molecule has 3 aromatic heterocycles. The molecule has 8 heteroatoms. The minimum atomic E-state index is -0.442. The number of nitrogens with one attached hydrogen (secondary N) is 1. The topological polar surface area (TPSA) is 94.4 Å². The predicted molar refractivity (Wildman–Crippen MR) is 106 cm³/mol. The van der Waals surface area contributed by atoms with Gasteiger partial charge in [0, 0.05) is 11.8 Å². The van der Waals surface area contributed by atoms with Gasteiger partial charge in [0.05, 0.1) is 12.9 Å². The molecule has 0 radical (unpaired) electrons. The first-order valence-corrected chi connectivity index (χ1v) is 9.16. The van der Waals surface area contributed by atoms with Crippen LogP contribution in [-0.4, -0.2) is 35.2 Å². The lowest BCUT2D eigenvalue weighted by molar-refractivity contribution is 0.237. The van der Waals surface area contributed by atoms with Crippen molar-refractivity contribution in [2.75, 3.05) is 0 Å². The van der Waals surface area contributed by atoms with Crippen molar-refractivity contribution in [2.45, 2.75) is 12.6 Å². The van der Waals surface area contributed by atoms with E-state index in [0.29, 0.717) is 12.4 Å². The smallest absolute Gasteiger partial charge is 0.219 e. The Labute approximate surface area is 166 Å². The number of pyridine rings is 1. The van der Waals surface area contributed by atoms with Gasteiger partial charge < -0.3 is 9.30 Å². The standard InChI is InChI=1S/C21H17N7O/c1-2-5-16(6-3-1)19(20-24-26-27-25-20)29-17-10-8-15(9-11-17)13-28-14-23-18-7-4-12-22-21(18)28/h1-12,14,19H,13H2,(H,24,25,26,27). The molecule has 0 saturated heterocycles. The third-order valence-corrected chi connectivity index (χ3v) is 4.60. The van der Waals surface area contributed by atoms with Crippen LogP contribution in [0.25, 0.3) is 11.2 Å². The quantitative estimate of drug-likeness (QED) is 0.484. The van der Waals surface area contributed by atoms with E-state index in [4.69, 9.17) is 4.74 Å². The Hall–Kier alpha value is -4.07. The largest absolute Gasteiger partial charge is 0.478 e. The molecule has 1 unspecified atom stereocenters. The molecular weight excluding hydrogens is 366 g/mol. The molecule has 0 aliphatic rings. The average molecular weight is 383 g/mol. The fourth-order valence-electron chi connectivity index (χ4n) is 3.20. The van der Waals surface area contributed by atoms with Crippen molar-refractivity contribution in [1.29, 1.82) is 0 Å². The summed E-state index contributed by atoms with van der Waals surface area (Å²) in [5.41, 5.74) is 3.83. The summed E-state index contributed by atoms with van der Waals surface area (Å²) in [5.74, 6) is 1.21. The summed E-state index contributed by atoms with van der Waals surface area (Å²) in [6.45, 7) is 0.681. The van der Waals surface area contributed by atoms with Gasteiger partial charge >= 0.3 is 0 Å². The zero-order valence-corrected chi connectivity index (χ0v) is 15.4. The fourth-order valence-corrected chi connectivity index (χ4v) is 3.20. The van der Waals surface area contributed by atoms with Gasteiger partial charge in [0.2, 0.25) is 5.82 Å². The summed E-state index contributed by atoms with van der Waals surface area (Å²) in [4.78, 5) is 8.80. The van der Waals surface area contributed by atoms with Gasteiger partial charge in [-0.05, 0) is 29.8 Å². The van der Waals surface area contributed by atoms with Gasteiger partial charge in [0.25, 0.3) is 0 Å². The van der Waals surface area contributed by atoms with Crippen LogP contribution in [0.3, 0.4) is 0 Å². The van der Waals surface area contributed by atoms with Crippen LogP contribution in [0.2, 0.25) is 0 Å². The van der Waals surface area contributed by atoms with Crippen LogP contribution in [0.15, 0.2) is 79.3 Å². The Kier molecular flexibility index (Phi) is 4.42. The number of rotatable bonds is 6. The van der Waals surface area contributed by atoms with E-state index >= 15 is 0 Å². The first-order chi connectivity index (χ1) is 14.4. The van der Waals surface area contributed by atoms with Gasteiger partial charge in [0.1, 0.15) is 11.3 Å². The Balaban J connectivity index is 1.36. The lowest BCUT2D eigenvalue weighted by atomic mass is 10.1. The maximum Gasteiger partial charge on any atom is 0.219 e. The fraction of sp³-hybridized carbons (Fsp3) is 0.0952. The molecule has 5 rings (SSSR count). The monoisotopic (exact) mass is 383 g/mol. The minimum Gasteiger partial charge on any atom is -0.478 e. The van der Waals surface area contributed by atoms with Gasteiger partial charge in [-0.1, -0.05) is 47.7 Å². The Bertz CT molecular complexity index is 1200. The number of hydrogen-bond donors (Lipinski definition) is 1. The Morgan fingerprint density at radius 2 is 1.79 bits per heavy atom. The summed E-state index contributed by atoms with van der Waals surface area (Å²) < 4.78 is 8.21. The Morgan fingerprint density at radius 1 is 0.931 bits per heavy atom. The second-order valence-electron chi connectivity index (χ2n) is 6.54. The summed E-state index contributed by atoms with van der Waals surface area (Å²) in [6, 6.07) is 21.6. The number of benzene rings is 2. The van der Waals surface area contributed by atoms with Gasteiger partial charge in [0.15, 0.2) is 11.8 Å². The molecule has 0 saturated carbocycles. The molecule has 5 aromatic rings. The highest BCUT2D eigenvalue weighted by Gasteiger charge is 2.20. The molecule has 142 valence electrons. The van der Waals surface area contributed by atoms with Crippen molar-refractivity contribution in [3.8, 4) is 5.75 Å². The molecule has 0 fully saturated rings. The van der Waals surface area contributed by atoms with Gasteiger partial charge in [-0.25, -0.2) is 9.97 Å². The molecule has 0 amide bonds. The lowest BCUT2D eigenvalue weighted by Crippen LogP contribution is -2.11. The van der Waals surface area contributed by atoms with Crippen molar-refractivity contribution in [3.05, 3.63) is 96.2 Å². The number of tetrazole rings is 1. The van der Waals surface area contributed by atoms with Crippen LogP contribution >= 0.6 is 0 Å². The Morgan fingerprint density at radius 3 is 2.59 bits per heavy atom. The summed E-state index contributed by atoms with van der Waals surface area (Å²) in [5, 5.41) is 14.3. The van der Waals surface area contributed by atoms with Crippen LogP contribution in [0.1, 0.15) is 23.1 Å². The second kappa shape index (κ2) is 7.51. The van der Waals surface area contributed by atoms with E-state index in [2.05, 4.69) is 30.6 Å². The van der Waals surface area contributed by atoms with E-state index in [0.717, 1.165) is 28.0 Å². The van der Waals surface area contributed by atoms with E-state index in [1.165, 1.54) is 0 Å². The highest BCUT2D eigenvalue weighted by molar-refractivity contribution is 5.70. The number of aromatic nitrogens is 7. The van der Waals surface area contributed by atoms with Crippen molar-refractivity contribution < 1.29 is 4.74 Å². The molecule has 0 aliphatic heterocycles. The molecule has 1 N–H and O–H groups in total. The zero-order chi connectivity index (χ0) is 19.5. The van der Waals surface area contributed by atoms with Crippen LogP contribution in [0, 0.1) is 0 Å². The summed E-state index contributed by atoms with van der Waals surface area (Å²) in [6.07, 6.45) is 3.14. The second-order valence-corrected chi connectivity index (χ2v) is 6.54. The normalized spacial score (nSPS) is 12.1. The van der Waals surface area contributed by atoms with Crippen LogP contribution in [-0.2, 0) is 6.54 Å². The minimum absolute atomic E-state index is 0.442. The number of aromatic amines is 1. The van der Waals surface area contributed by atoms with Crippen LogP contribution in [0.5, 0.6) is 5.75 Å². The third-order valence-electron chi connectivity index (χ3n) is 4.60. The van der Waals surface area contributed by atoms with E-state index in [9.17, 15) is 0 Å². The summed E-state index contributed by atoms with van der Waals surface area (Å²) in [7, 11) is 0. The molecule has 0 spiro atoms. The number of fused-ring (bicyclic) bond motifs is 1. The van der Waals surface area contributed by atoms with Gasteiger partial charge in [-0.3, -0.25) is 0 Å².